The standard InChI is InChI=1S/C13H10N4/c1-2-5-10(6-3-1)12-15-9-16-13(17-12)11-7-4-8-14-11/h1-9,14H. The fraction of sp³-hybridized carbons (Fsp3) is 0. The van der Waals surface area contributed by atoms with Gasteiger partial charge in [-0.25, -0.2) is 15.0 Å². The summed E-state index contributed by atoms with van der Waals surface area (Å²) in [5.41, 5.74) is 1.88. The Morgan fingerprint density at radius 1 is 0.824 bits per heavy atom. The third-order valence-corrected chi connectivity index (χ3v) is 2.44. The lowest BCUT2D eigenvalue weighted by Crippen LogP contribution is -1.94. The lowest BCUT2D eigenvalue weighted by Gasteiger charge is -2.01. The highest BCUT2D eigenvalue weighted by Crippen LogP contribution is 2.16. The van der Waals surface area contributed by atoms with Gasteiger partial charge in [-0.1, -0.05) is 30.3 Å². The summed E-state index contributed by atoms with van der Waals surface area (Å²) in [4.78, 5) is 15.8. The molecular weight excluding hydrogens is 212 g/mol. The molecule has 0 radical (unpaired) electrons. The third-order valence-electron chi connectivity index (χ3n) is 2.44. The molecule has 0 saturated carbocycles. The first-order valence-electron chi connectivity index (χ1n) is 5.32. The molecule has 2 heterocycles. The Bertz CT molecular complexity index is 602. The summed E-state index contributed by atoms with van der Waals surface area (Å²) in [7, 11) is 0. The largest absolute Gasteiger partial charge is 0.359 e. The van der Waals surface area contributed by atoms with Crippen molar-refractivity contribution in [2.24, 2.45) is 0 Å². The van der Waals surface area contributed by atoms with Gasteiger partial charge in [-0.15, -0.1) is 0 Å². The Hall–Kier alpha value is -2.49. The van der Waals surface area contributed by atoms with Crippen LogP contribution in [0.4, 0.5) is 0 Å². The van der Waals surface area contributed by atoms with Gasteiger partial charge in [-0.3, -0.25) is 0 Å². The van der Waals surface area contributed by atoms with Crippen LogP contribution in [0.1, 0.15) is 0 Å². The summed E-state index contributed by atoms with van der Waals surface area (Å²) in [5.74, 6) is 1.34. The van der Waals surface area contributed by atoms with Gasteiger partial charge in [0.05, 0.1) is 5.69 Å². The Morgan fingerprint density at radius 2 is 1.65 bits per heavy atom. The van der Waals surface area contributed by atoms with Crippen LogP contribution in [0.3, 0.4) is 0 Å². The minimum Gasteiger partial charge on any atom is -0.359 e. The molecule has 0 aliphatic carbocycles. The Morgan fingerprint density at radius 3 is 2.41 bits per heavy atom. The maximum absolute atomic E-state index is 4.43. The normalized spacial score (nSPS) is 10.4. The molecule has 3 aromatic rings. The van der Waals surface area contributed by atoms with E-state index in [4.69, 9.17) is 0 Å². The summed E-state index contributed by atoms with van der Waals surface area (Å²) in [5, 5.41) is 0. The first-order valence-corrected chi connectivity index (χ1v) is 5.32. The summed E-state index contributed by atoms with van der Waals surface area (Å²) in [6.45, 7) is 0. The molecule has 1 aromatic carbocycles. The molecule has 0 atom stereocenters. The third kappa shape index (κ3) is 1.92. The molecule has 2 aromatic heterocycles. The molecule has 0 spiro atoms. The fourth-order valence-electron chi connectivity index (χ4n) is 1.62. The Balaban J connectivity index is 2.06. The molecule has 0 bridgehead atoms. The molecular formula is C13H10N4. The molecule has 0 unspecified atom stereocenters. The van der Waals surface area contributed by atoms with Crippen LogP contribution >= 0.6 is 0 Å². The summed E-state index contributed by atoms with van der Waals surface area (Å²) in [6.07, 6.45) is 3.38. The van der Waals surface area contributed by atoms with Crippen LogP contribution in [0, 0.1) is 0 Å². The molecule has 0 amide bonds. The Kier molecular flexibility index (Phi) is 2.38. The van der Waals surface area contributed by atoms with Crippen LogP contribution in [-0.4, -0.2) is 19.9 Å². The quantitative estimate of drug-likeness (QED) is 0.724. The van der Waals surface area contributed by atoms with Crippen molar-refractivity contribution in [1.82, 2.24) is 19.9 Å². The van der Waals surface area contributed by atoms with E-state index in [1.807, 2.05) is 48.7 Å². The van der Waals surface area contributed by atoms with Crippen molar-refractivity contribution in [2.45, 2.75) is 0 Å². The van der Waals surface area contributed by atoms with Crippen molar-refractivity contribution in [3.63, 3.8) is 0 Å². The maximum atomic E-state index is 4.43. The molecule has 1 N–H and O–H groups in total. The Labute approximate surface area is 98.4 Å². The summed E-state index contributed by atoms with van der Waals surface area (Å²) < 4.78 is 0. The average molecular weight is 222 g/mol. The highest BCUT2D eigenvalue weighted by Gasteiger charge is 2.05. The highest BCUT2D eigenvalue weighted by atomic mass is 15.0. The van der Waals surface area contributed by atoms with Gasteiger partial charge in [-0.05, 0) is 12.1 Å². The zero-order valence-electron chi connectivity index (χ0n) is 9.04. The number of aromatic nitrogens is 4. The molecule has 4 heteroatoms. The van der Waals surface area contributed by atoms with E-state index in [1.165, 1.54) is 6.33 Å². The van der Waals surface area contributed by atoms with E-state index >= 15 is 0 Å². The van der Waals surface area contributed by atoms with E-state index in [2.05, 4.69) is 19.9 Å². The number of aromatic amines is 1. The second-order valence-corrected chi connectivity index (χ2v) is 3.58. The highest BCUT2D eigenvalue weighted by molar-refractivity contribution is 5.58. The molecule has 4 nitrogen and oxygen atoms in total. The van der Waals surface area contributed by atoms with Crippen molar-refractivity contribution in [1.29, 1.82) is 0 Å². The van der Waals surface area contributed by atoms with Gasteiger partial charge in [0.1, 0.15) is 6.33 Å². The number of nitrogens with zero attached hydrogens (tertiary/aromatic N) is 3. The van der Waals surface area contributed by atoms with Crippen LogP contribution < -0.4 is 0 Å². The molecule has 0 aliphatic heterocycles. The van der Waals surface area contributed by atoms with Crippen LogP contribution in [0.25, 0.3) is 22.9 Å². The lowest BCUT2D eigenvalue weighted by atomic mass is 10.2. The monoisotopic (exact) mass is 222 g/mol. The second-order valence-electron chi connectivity index (χ2n) is 3.58. The molecule has 0 aliphatic rings. The first kappa shape index (κ1) is 9.72. The zero-order chi connectivity index (χ0) is 11.5. The zero-order valence-corrected chi connectivity index (χ0v) is 9.04. The average Bonchev–Trinajstić information content (AvgIpc) is 2.94. The molecule has 0 saturated heterocycles. The van der Waals surface area contributed by atoms with Crippen molar-refractivity contribution in [3.05, 3.63) is 55.0 Å². The lowest BCUT2D eigenvalue weighted by molar-refractivity contribution is 1.06. The van der Waals surface area contributed by atoms with E-state index in [0.717, 1.165) is 11.3 Å². The molecule has 82 valence electrons. The first-order chi connectivity index (χ1) is 8.43. The van der Waals surface area contributed by atoms with Crippen LogP contribution in [-0.2, 0) is 0 Å². The van der Waals surface area contributed by atoms with Gasteiger partial charge in [0.15, 0.2) is 11.6 Å². The van der Waals surface area contributed by atoms with Crippen LogP contribution in [0.2, 0.25) is 0 Å². The minimum absolute atomic E-state index is 0.656. The van der Waals surface area contributed by atoms with E-state index in [9.17, 15) is 0 Å². The number of rotatable bonds is 2. The fourth-order valence-corrected chi connectivity index (χ4v) is 1.62. The number of hydrogen-bond donors (Lipinski definition) is 1. The van der Waals surface area contributed by atoms with E-state index in [-0.39, 0.29) is 0 Å². The van der Waals surface area contributed by atoms with Gasteiger partial charge in [0, 0.05) is 11.8 Å². The van der Waals surface area contributed by atoms with Crippen molar-refractivity contribution in [2.75, 3.05) is 0 Å². The topological polar surface area (TPSA) is 54.5 Å². The van der Waals surface area contributed by atoms with E-state index < -0.39 is 0 Å². The number of nitrogens with one attached hydrogen (secondary N) is 1. The number of H-pyrrole nitrogens is 1. The molecule has 3 rings (SSSR count). The predicted molar refractivity (Wildman–Crippen MR) is 65.0 cm³/mol. The van der Waals surface area contributed by atoms with Gasteiger partial charge < -0.3 is 4.98 Å². The minimum atomic E-state index is 0.656. The van der Waals surface area contributed by atoms with E-state index in [0.29, 0.717) is 11.6 Å². The SMILES string of the molecule is c1ccc(-c2ncnc(-c3ccc[nH]3)n2)cc1. The summed E-state index contributed by atoms with van der Waals surface area (Å²) >= 11 is 0. The van der Waals surface area contributed by atoms with Crippen LogP contribution in [0.15, 0.2) is 55.0 Å². The van der Waals surface area contributed by atoms with Gasteiger partial charge in [-0.2, -0.15) is 0 Å². The van der Waals surface area contributed by atoms with Crippen molar-refractivity contribution < 1.29 is 0 Å². The predicted octanol–water partition coefficient (Wildman–Crippen LogP) is 2.53. The van der Waals surface area contributed by atoms with Gasteiger partial charge >= 0.3 is 0 Å². The maximum Gasteiger partial charge on any atom is 0.179 e. The second kappa shape index (κ2) is 4.17. The van der Waals surface area contributed by atoms with Crippen molar-refractivity contribution >= 4 is 0 Å². The van der Waals surface area contributed by atoms with Crippen molar-refractivity contribution in [3.8, 4) is 22.9 Å². The van der Waals surface area contributed by atoms with Crippen LogP contribution in [0.5, 0.6) is 0 Å². The van der Waals surface area contributed by atoms with Gasteiger partial charge in [0.25, 0.3) is 0 Å². The van der Waals surface area contributed by atoms with Gasteiger partial charge in [0.2, 0.25) is 0 Å². The molecule has 0 fully saturated rings. The number of benzene rings is 1. The number of hydrogen-bond acceptors (Lipinski definition) is 3. The summed E-state index contributed by atoms with van der Waals surface area (Å²) in [6, 6.07) is 13.7. The smallest absolute Gasteiger partial charge is 0.179 e. The molecule has 17 heavy (non-hydrogen) atoms. The van der Waals surface area contributed by atoms with E-state index in [1.54, 1.807) is 0 Å².